The Morgan fingerprint density at radius 2 is 1.42 bits per heavy atom. The SMILES string of the molecule is CC(=CCOC(N)=O)CCCC(C)CCCC(C)CCCC(C)C. The monoisotopic (exact) mass is 339 g/mol. The van der Waals surface area contributed by atoms with E-state index in [1.165, 1.54) is 56.9 Å². The maximum Gasteiger partial charge on any atom is 0.404 e. The highest BCUT2D eigenvalue weighted by molar-refractivity contribution is 5.64. The number of amides is 1. The van der Waals surface area contributed by atoms with Crippen LogP contribution < -0.4 is 5.73 Å². The van der Waals surface area contributed by atoms with Crippen molar-refractivity contribution < 1.29 is 9.53 Å². The molecular formula is C21H41NO2. The normalized spacial score (nSPS) is 14.7. The van der Waals surface area contributed by atoms with Crippen LogP contribution in [0.15, 0.2) is 11.6 Å². The predicted molar refractivity (Wildman–Crippen MR) is 104 cm³/mol. The van der Waals surface area contributed by atoms with Crippen LogP contribution in [0.5, 0.6) is 0 Å². The van der Waals surface area contributed by atoms with E-state index in [2.05, 4.69) is 34.6 Å². The van der Waals surface area contributed by atoms with Crippen molar-refractivity contribution in [1.82, 2.24) is 0 Å². The molecule has 0 aromatic heterocycles. The molecule has 0 fully saturated rings. The van der Waals surface area contributed by atoms with Gasteiger partial charge in [-0.3, -0.25) is 0 Å². The Hall–Kier alpha value is -0.990. The summed E-state index contributed by atoms with van der Waals surface area (Å²) < 4.78 is 4.72. The van der Waals surface area contributed by atoms with Gasteiger partial charge in [0.15, 0.2) is 0 Å². The maximum atomic E-state index is 10.5. The number of carbonyl (C=O) groups is 1. The van der Waals surface area contributed by atoms with Crippen LogP contribution in [0.2, 0.25) is 0 Å². The second-order valence-electron chi connectivity index (χ2n) is 8.04. The van der Waals surface area contributed by atoms with Crippen molar-refractivity contribution in [1.29, 1.82) is 0 Å². The van der Waals surface area contributed by atoms with E-state index in [0.29, 0.717) is 6.61 Å². The van der Waals surface area contributed by atoms with Crippen molar-refractivity contribution in [3.63, 3.8) is 0 Å². The highest BCUT2D eigenvalue weighted by atomic mass is 16.5. The Kier molecular flexibility index (Phi) is 13.8. The van der Waals surface area contributed by atoms with Gasteiger partial charge in [-0.25, -0.2) is 4.79 Å². The van der Waals surface area contributed by atoms with E-state index in [1.54, 1.807) is 0 Å². The minimum atomic E-state index is -0.703. The van der Waals surface area contributed by atoms with Crippen molar-refractivity contribution in [3.8, 4) is 0 Å². The Labute approximate surface area is 150 Å². The van der Waals surface area contributed by atoms with Crippen LogP contribution in [0.1, 0.15) is 92.4 Å². The first kappa shape index (κ1) is 23.0. The van der Waals surface area contributed by atoms with Gasteiger partial charge in [0.05, 0.1) is 0 Å². The number of ether oxygens (including phenoxy) is 1. The van der Waals surface area contributed by atoms with Gasteiger partial charge in [0, 0.05) is 0 Å². The zero-order chi connectivity index (χ0) is 18.4. The van der Waals surface area contributed by atoms with E-state index < -0.39 is 6.09 Å². The molecule has 0 aliphatic carbocycles. The van der Waals surface area contributed by atoms with E-state index in [-0.39, 0.29) is 0 Å². The molecule has 0 saturated carbocycles. The fourth-order valence-electron chi connectivity index (χ4n) is 3.08. The number of hydrogen-bond donors (Lipinski definition) is 1. The molecule has 24 heavy (non-hydrogen) atoms. The van der Waals surface area contributed by atoms with Crippen LogP contribution >= 0.6 is 0 Å². The third-order valence-electron chi connectivity index (χ3n) is 4.80. The van der Waals surface area contributed by atoms with Crippen LogP contribution in [-0.2, 0) is 4.74 Å². The van der Waals surface area contributed by atoms with Gasteiger partial charge in [0.2, 0.25) is 0 Å². The minimum Gasteiger partial charge on any atom is -0.445 e. The van der Waals surface area contributed by atoms with Crippen molar-refractivity contribution >= 4 is 6.09 Å². The lowest BCUT2D eigenvalue weighted by Gasteiger charge is -2.15. The summed E-state index contributed by atoms with van der Waals surface area (Å²) in [6.07, 6.45) is 13.1. The summed E-state index contributed by atoms with van der Waals surface area (Å²) in [5.41, 5.74) is 6.22. The molecule has 2 unspecified atom stereocenters. The Morgan fingerprint density at radius 1 is 0.917 bits per heavy atom. The first-order chi connectivity index (χ1) is 11.3. The second kappa shape index (κ2) is 14.4. The smallest absolute Gasteiger partial charge is 0.404 e. The lowest BCUT2D eigenvalue weighted by Crippen LogP contribution is -2.12. The molecule has 2 N–H and O–H groups in total. The van der Waals surface area contributed by atoms with Gasteiger partial charge in [-0.1, -0.05) is 78.2 Å². The largest absolute Gasteiger partial charge is 0.445 e. The van der Waals surface area contributed by atoms with Crippen LogP contribution in [-0.4, -0.2) is 12.7 Å². The van der Waals surface area contributed by atoms with Gasteiger partial charge < -0.3 is 10.5 Å². The van der Waals surface area contributed by atoms with Gasteiger partial charge in [-0.15, -0.1) is 0 Å². The van der Waals surface area contributed by atoms with Gasteiger partial charge in [0.25, 0.3) is 0 Å². The molecule has 0 aliphatic rings. The molecule has 0 bridgehead atoms. The third kappa shape index (κ3) is 15.9. The number of nitrogens with two attached hydrogens (primary N) is 1. The number of primary amides is 1. The average molecular weight is 340 g/mol. The summed E-state index contributed by atoms with van der Waals surface area (Å²) in [7, 11) is 0. The highest BCUT2D eigenvalue weighted by Gasteiger charge is 2.06. The molecule has 0 saturated heterocycles. The quantitative estimate of drug-likeness (QED) is 0.369. The van der Waals surface area contributed by atoms with Crippen LogP contribution in [0.3, 0.4) is 0 Å². The molecular weight excluding hydrogens is 298 g/mol. The standard InChI is InChI=1S/C21H41NO2/c1-17(2)9-6-10-18(3)11-7-12-19(4)13-8-14-20(5)15-16-24-21(22)23/h15,17-19H,6-14,16H2,1-5H3,(H2,22,23). The number of hydrogen-bond acceptors (Lipinski definition) is 2. The zero-order valence-corrected chi connectivity index (χ0v) is 16.8. The molecule has 0 aromatic rings. The summed E-state index contributed by atoms with van der Waals surface area (Å²) in [6.45, 7) is 11.8. The maximum absolute atomic E-state index is 10.5. The van der Waals surface area contributed by atoms with E-state index in [9.17, 15) is 4.79 Å². The van der Waals surface area contributed by atoms with E-state index >= 15 is 0 Å². The number of allylic oxidation sites excluding steroid dienone is 1. The molecule has 0 spiro atoms. The van der Waals surface area contributed by atoms with Crippen LogP contribution in [0.25, 0.3) is 0 Å². The van der Waals surface area contributed by atoms with Crippen molar-refractivity contribution in [2.45, 2.75) is 92.4 Å². The van der Waals surface area contributed by atoms with Crippen molar-refractivity contribution in [2.75, 3.05) is 6.61 Å². The molecule has 3 nitrogen and oxygen atoms in total. The Balaban J connectivity index is 3.61. The molecule has 2 atom stereocenters. The first-order valence-corrected chi connectivity index (χ1v) is 9.89. The third-order valence-corrected chi connectivity index (χ3v) is 4.80. The molecule has 0 aliphatic heterocycles. The molecule has 142 valence electrons. The zero-order valence-electron chi connectivity index (χ0n) is 16.8. The minimum absolute atomic E-state index is 0.297. The van der Waals surface area contributed by atoms with Crippen LogP contribution in [0, 0.1) is 17.8 Å². The van der Waals surface area contributed by atoms with Crippen molar-refractivity contribution in [3.05, 3.63) is 11.6 Å². The molecule has 0 aromatic carbocycles. The Morgan fingerprint density at radius 3 is 1.92 bits per heavy atom. The predicted octanol–water partition coefficient (Wildman–Crippen LogP) is 6.47. The number of carbonyl (C=O) groups excluding carboxylic acids is 1. The average Bonchev–Trinajstić information content (AvgIpc) is 2.46. The molecule has 1 amide bonds. The van der Waals surface area contributed by atoms with Crippen molar-refractivity contribution in [2.24, 2.45) is 23.5 Å². The topological polar surface area (TPSA) is 52.3 Å². The summed E-state index contributed by atoms with van der Waals surface area (Å²) in [6, 6.07) is 0. The molecule has 0 heterocycles. The highest BCUT2D eigenvalue weighted by Crippen LogP contribution is 2.21. The number of rotatable bonds is 14. The second-order valence-corrected chi connectivity index (χ2v) is 8.04. The lowest BCUT2D eigenvalue weighted by atomic mass is 9.91. The summed E-state index contributed by atoms with van der Waals surface area (Å²) in [4.78, 5) is 10.5. The molecule has 3 heteroatoms. The summed E-state index contributed by atoms with van der Waals surface area (Å²) in [5, 5.41) is 0. The first-order valence-electron chi connectivity index (χ1n) is 9.89. The van der Waals surface area contributed by atoms with E-state index in [1.807, 2.05) is 6.08 Å². The lowest BCUT2D eigenvalue weighted by molar-refractivity contribution is 0.169. The van der Waals surface area contributed by atoms with E-state index in [4.69, 9.17) is 10.5 Å². The molecule has 0 radical (unpaired) electrons. The fourth-order valence-corrected chi connectivity index (χ4v) is 3.08. The van der Waals surface area contributed by atoms with Gasteiger partial charge in [-0.05, 0) is 43.6 Å². The molecule has 0 rings (SSSR count). The van der Waals surface area contributed by atoms with Gasteiger partial charge in [-0.2, -0.15) is 0 Å². The van der Waals surface area contributed by atoms with Gasteiger partial charge in [0.1, 0.15) is 6.61 Å². The van der Waals surface area contributed by atoms with E-state index in [0.717, 1.165) is 24.2 Å². The van der Waals surface area contributed by atoms with Gasteiger partial charge >= 0.3 is 6.09 Å². The Bertz CT molecular complexity index is 350. The fraction of sp³-hybridized carbons (Fsp3) is 0.857. The summed E-state index contributed by atoms with van der Waals surface area (Å²) >= 11 is 0. The summed E-state index contributed by atoms with van der Waals surface area (Å²) in [5.74, 6) is 2.53. The van der Waals surface area contributed by atoms with Crippen LogP contribution in [0.4, 0.5) is 4.79 Å².